The summed E-state index contributed by atoms with van der Waals surface area (Å²) in [6, 6.07) is 54.9. The zero-order valence-corrected chi connectivity index (χ0v) is 81.7. The molecule has 0 amide bonds. The van der Waals surface area contributed by atoms with Crippen molar-refractivity contribution >= 4 is 0 Å². The molecule has 0 heteroatoms. The highest BCUT2D eigenvalue weighted by Crippen LogP contribution is 2.41. The van der Waals surface area contributed by atoms with Gasteiger partial charge in [0.15, 0.2) is 0 Å². The zero-order valence-electron chi connectivity index (χ0n) is 108. The summed E-state index contributed by atoms with van der Waals surface area (Å²) in [6.07, 6.45) is -2.61. The lowest BCUT2D eigenvalue weighted by molar-refractivity contribution is 0.521. The van der Waals surface area contributed by atoms with Gasteiger partial charge >= 0.3 is 0 Å². The van der Waals surface area contributed by atoms with Crippen molar-refractivity contribution in [1.29, 1.82) is 0 Å². The Morgan fingerprint density at radius 3 is 0.803 bits per heavy atom. The lowest BCUT2D eigenvalue weighted by Gasteiger charge is -2.33. The Labute approximate surface area is 763 Å². The topological polar surface area (TPSA) is 0 Å². The molecule has 117 heavy (non-hydrogen) atoms. The fraction of sp³-hybridized carbons (Fsp3) is 0.538. The molecule has 0 radical (unpaired) electrons. The third kappa shape index (κ3) is 36.5. The van der Waals surface area contributed by atoms with E-state index in [-0.39, 0.29) is 84.2 Å². The highest BCUT2D eigenvalue weighted by molar-refractivity contribution is 5.47. The summed E-state index contributed by atoms with van der Waals surface area (Å²) in [6.45, 7) is 71.0. The van der Waals surface area contributed by atoms with E-state index in [1.165, 1.54) is 90.5 Å². The molecule has 9 aromatic rings. The molecule has 0 nitrogen and oxygen atoms in total. The van der Waals surface area contributed by atoms with Crippen molar-refractivity contribution in [3.63, 3.8) is 0 Å². The van der Waals surface area contributed by atoms with E-state index in [4.69, 9.17) is 35.6 Å². The Balaban J connectivity index is 0.000000821. The average Bonchev–Trinajstić information content (AvgIpc) is 0.698. The van der Waals surface area contributed by atoms with E-state index in [0.717, 1.165) is 24.1 Å². The molecule has 9 rings (SSSR count). The minimum Gasteiger partial charge on any atom is -0.0648 e. The Morgan fingerprint density at radius 1 is 0.265 bits per heavy atom. The molecule has 9 aromatic carbocycles. The van der Waals surface area contributed by atoms with Crippen LogP contribution in [0.5, 0.6) is 0 Å². The van der Waals surface area contributed by atoms with Crippen LogP contribution in [0.15, 0.2) is 194 Å². The molecule has 0 aliphatic rings. The molecule has 0 bridgehead atoms. The van der Waals surface area contributed by atoms with Crippen LogP contribution in [-0.2, 0) is 54.1 Å². The minimum atomic E-state index is -3.31. The first kappa shape index (κ1) is 70.6. The van der Waals surface area contributed by atoms with Crippen molar-refractivity contribution in [3.05, 3.63) is 316 Å². The van der Waals surface area contributed by atoms with Crippen molar-refractivity contribution in [2.75, 3.05) is 0 Å². The summed E-state index contributed by atoms with van der Waals surface area (Å²) in [5, 5.41) is 0. The Morgan fingerprint density at radius 2 is 0.530 bits per heavy atom. The molecule has 0 saturated heterocycles. The number of hydrogen-bond acceptors (Lipinski definition) is 0. The van der Waals surface area contributed by atoms with Crippen LogP contribution in [0.1, 0.15) is 470 Å². The van der Waals surface area contributed by atoms with Crippen LogP contribution >= 0.6 is 0 Å². The summed E-state index contributed by atoms with van der Waals surface area (Å²) in [4.78, 5) is 0. The Hall–Kier alpha value is -7.02. The maximum absolute atomic E-state index is 8.72. The molecule has 0 spiro atoms. The average molecular weight is 1610 g/mol. The SMILES string of the molecule is Cc1cccc(C)c1C(C)(C)C.Cc1cccc(C)c1C(C)(C)C.Cc1ccccc1C(C)(C)C.Cc1ccccc1C(C)(C)C.[2H]C(C)(C)c1cccc(C(C)(C)C)c1C(C)(C)C.[2H]C(C)(C)c1ccccc1C(C)(C)C.[2H]C([2H])([2H])C([2H])(c1cccc(C([2H])(C([2H])([2H])[2H])C([2H])([2H])C)c1C(C)(C)C)C([2H])([2H])[2H].[2H]C([2H])([2H])C([2H])(c1ccccc1C(C)(C)C)C([2H])([2H])[2H].[2H]c1c([2H])c(C)c([2H])c(C(C)(C)C)c1[2H]. The van der Waals surface area contributed by atoms with Crippen LogP contribution in [0.4, 0.5) is 0 Å². The highest BCUT2D eigenvalue weighted by Gasteiger charge is 2.30. The summed E-state index contributed by atoms with van der Waals surface area (Å²) in [7, 11) is 0. The maximum Gasteiger partial charge on any atom is 0.0629 e. The molecule has 0 aliphatic carbocycles. The standard InChI is InChI=1S/2C17H28.2C13H20.2C12H18.3C11H16/c1-12(2)13-10-9-11-14(16(3,4)5)15(13)17(6,7)8;1-8-13(4)15-11-9-10-14(12(2)3)16(15)17(5,6)7;2*1-10(2)11-8-6-7-9-12(11)13(3,4)5;2*1-9-7-6-8-10(2)11(9)12(3,4)5;1-9-6-5-7-10(8-9)11(2,3)4;2*1-9-7-5-6-8-10(9)11(2,3)4/h9-12H,1-8H3;9-13H,8H2,1-7H3;2*6-10H,1-5H3;2*6-8H,1-5H3;3*5-8H,1-4H3/i12D;2D3,3D3,4D3,8D2,12D,13D;1D3,2D3,10D;10D;;;5D,6D,7D,8D;;. The van der Waals surface area contributed by atoms with Gasteiger partial charge in [-0.25, -0.2) is 0 Å². The summed E-state index contributed by atoms with van der Waals surface area (Å²) in [5.74, 6) is -9.66. The van der Waals surface area contributed by atoms with Gasteiger partial charge in [0.05, 0.1) is 5.48 Å². The van der Waals surface area contributed by atoms with E-state index in [1.54, 1.807) is 45.9 Å². The molecule has 648 valence electrons. The van der Waals surface area contributed by atoms with Gasteiger partial charge in [0.1, 0.15) is 0 Å². The van der Waals surface area contributed by atoms with Crippen LogP contribution < -0.4 is 0 Å². The van der Waals surface area contributed by atoms with Gasteiger partial charge in [0.2, 0.25) is 0 Å². The predicted octanol–water partition coefficient (Wildman–Crippen LogP) is 36.3. The fourth-order valence-corrected chi connectivity index (χ4v) is 14.9. The molecule has 0 aliphatic heterocycles. The van der Waals surface area contributed by atoms with Gasteiger partial charge in [0, 0.05) is 30.2 Å². The van der Waals surface area contributed by atoms with Crippen LogP contribution in [0.2, 0.25) is 0 Å². The molecule has 1 atom stereocenters. The molecule has 0 fully saturated rings. The van der Waals surface area contributed by atoms with Gasteiger partial charge < -0.3 is 0 Å². The van der Waals surface area contributed by atoms with Crippen molar-refractivity contribution < 1.29 is 35.6 Å². The van der Waals surface area contributed by atoms with Crippen LogP contribution in [0, 0.1) is 48.5 Å². The molecule has 0 heterocycles. The third-order valence-electron chi connectivity index (χ3n) is 19.9. The van der Waals surface area contributed by atoms with Gasteiger partial charge in [-0.1, -0.05) is 476 Å². The Bertz CT molecular complexity index is 5240. The molecular formula is C117H180. The molecule has 0 N–H and O–H groups in total. The van der Waals surface area contributed by atoms with Gasteiger partial charge in [-0.15, -0.1) is 0 Å². The number of aryl methyl sites for hydroxylation is 6. The van der Waals surface area contributed by atoms with Gasteiger partial charge in [0.25, 0.3) is 0 Å². The lowest BCUT2D eigenvalue weighted by atomic mass is 9.71. The smallest absolute Gasteiger partial charge is 0.0629 e. The van der Waals surface area contributed by atoms with Crippen molar-refractivity contribution in [1.82, 2.24) is 0 Å². The van der Waals surface area contributed by atoms with E-state index in [1.807, 2.05) is 75.3 Å². The largest absolute Gasteiger partial charge is 0.0648 e. The van der Waals surface area contributed by atoms with Crippen molar-refractivity contribution in [2.24, 2.45) is 0 Å². The molecule has 0 aromatic heterocycles. The Kier molecular flexibility index (Phi) is 27.5. The monoisotopic (exact) mass is 1610 g/mol. The second-order valence-corrected chi connectivity index (χ2v) is 42.1. The first-order valence-electron chi connectivity index (χ1n) is 55.0. The molecule has 1 unspecified atom stereocenters. The number of rotatable bonds is 6. The highest BCUT2D eigenvalue weighted by atomic mass is 14.3. The lowest BCUT2D eigenvalue weighted by Crippen LogP contribution is -2.24. The predicted molar refractivity (Wildman–Crippen MR) is 533 cm³/mol. The number of benzene rings is 9. The van der Waals surface area contributed by atoms with Crippen LogP contribution in [0.3, 0.4) is 0 Å². The normalized spacial score (nSPS) is 16.9. The maximum atomic E-state index is 8.72. The van der Waals surface area contributed by atoms with Gasteiger partial charge in [-0.3, -0.25) is 0 Å². The second-order valence-electron chi connectivity index (χ2n) is 42.1. The number of hydrogen-bond donors (Lipinski definition) is 0. The van der Waals surface area contributed by atoms with Gasteiger partial charge in [-0.2, -0.15) is 0 Å². The summed E-state index contributed by atoms with van der Waals surface area (Å²) >= 11 is 0. The van der Waals surface area contributed by atoms with Crippen molar-refractivity contribution in [2.45, 2.75) is 415 Å². The minimum absolute atomic E-state index is 0.00185. The third-order valence-corrected chi connectivity index (χ3v) is 19.9. The second kappa shape index (κ2) is 45.6. The zero-order chi connectivity index (χ0) is 113. The van der Waals surface area contributed by atoms with E-state index >= 15 is 0 Å². The van der Waals surface area contributed by atoms with E-state index in [0.29, 0.717) is 16.7 Å². The molecular weight excluding hydrogens is 1410 g/mol. The quantitative estimate of drug-likeness (QED) is 0.156. The van der Waals surface area contributed by atoms with Crippen LogP contribution in [-0.4, -0.2) is 0 Å². The van der Waals surface area contributed by atoms with Gasteiger partial charge in [-0.05, 0) is 255 Å². The van der Waals surface area contributed by atoms with Crippen LogP contribution in [0.25, 0.3) is 0 Å². The van der Waals surface area contributed by atoms with E-state index in [9.17, 15) is 0 Å². The summed E-state index contributed by atoms with van der Waals surface area (Å²) in [5.41, 5.74) is 20.8. The van der Waals surface area contributed by atoms with Crippen molar-refractivity contribution in [3.8, 4) is 0 Å². The first-order chi connectivity index (χ1) is 63.2. The van der Waals surface area contributed by atoms with E-state index in [2.05, 4.69) is 308 Å². The molecule has 0 saturated carbocycles. The van der Waals surface area contributed by atoms with E-state index < -0.39 is 86.5 Å². The first-order valence-corrected chi connectivity index (χ1v) is 42.0. The summed E-state index contributed by atoms with van der Waals surface area (Å²) < 4.78 is 205. The fourth-order valence-electron chi connectivity index (χ4n) is 14.9.